The van der Waals surface area contributed by atoms with Crippen LogP contribution < -0.4 is 15.4 Å². The van der Waals surface area contributed by atoms with Gasteiger partial charge in [0.25, 0.3) is 0 Å². The van der Waals surface area contributed by atoms with Crippen LogP contribution in [-0.2, 0) is 0 Å². The molecule has 0 saturated carbocycles. The van der Waals surface area contributed by atoms with E-state index in [2.05, 4.69) is 22.8 Å². The van der Waals surface area contributed by atoms with Gasteiger partial charge < -0.3 is 15.4 Å². The molecule has 0 aliphatic carbocycles. The number of anilines is 2. The van der Waals surface area contributed by atoms with Crippen molar-refractivity contribution < 1.29 is 4.74 Å². The van der Waals surface area contributed by atoms with Crippen molar-refractivity contribution in [3.8, 4) is 5.75 Å². The van der Waals surface area contributed by atoms with Crippen LogP contribution in [0.5, 0.6) is 5.75 Å². The number of piperazine rings is 1. The maximum atomic E-state index is 6.19. The summed E-state index contributed by atoms with van der Waals surface area (Å²) < 4.78 is 5.23. The van der Waals surface area contributed by atoms with E-state index in [1.54, 1.807) is 7.11 Å². The number of rotatable bonds is 2. The van der Waals surface area contributed by atoms with Crippen molar-refractivity contribution in [2.24, 2.45) is 0 Å². The van der Waals surface area contributed by atoms with Crippen molar-refractivity contribution in [1.29, 1.82) is 0 Å². The number of nitrogen functional groups attached to an aromatic ring is 1. The van der Waals surface area contributed by atoms with Crippen LogP contribution >= 0.6 is 0 Å². The summed E-state index contributed by atoms with van der Waals surface area (Å²) in [7, 11) is 1.67. The Kier molecular flexibility index (Phi) is 3.27. The maximum absolute atomic E-state index is 6.19. The van der Waals surface area contributed by atoms with Crippen molar-refractivity contribution >= 4 is 11.4 Å². The van der Waals surface area contributed by atoms with Crippen LogP contribution in [0, 0.1) is 0 Å². The third-order valence-electron chi connectivity index (χ3n) is 4.48. The van der Waals surface area contributed by atoms with Gasteiger partial charge in [-0.25, -0.2) is 0 Å². The van der Waals surface area contributed by atoms with Gasteiger partial charge in [-0.05, 0) is 38.4 Å². The molecule has 2 atom stereocenters. The summed E-state index contributed by atoms with van der Waals surface area (Å²) in [6.45, 7) is 5.80. The Morgan fingerprint density at radius 3 is 2.89 bits per heavy atom. The highest BCUT2D eigenvalue weighted by atomic mass is 16.5. The average molecular weight is 261 g/mol. The molecule has 0 bridgehead atoms. The fourth-order valence-corrected chi connectivity index (χ4v) is 3.44. The molecule has 104 valence electrons. The molecule has 19 heavy (non-hydrogen) atoms. The first kappa shape index (κ1) is 12.6. The van der Waals surface area contributed by atoms with E-state index < -0.39 is 0 Å². The molecular formula is C15H23N3O. The first-order valence-electron chi connectivity index (χ1n) is 7.13. The minimum absolute atomic E-state index is 0.519. The van der Waals surface area contributed by atoms with Gasteiger partial charge in [-0.15, -0.1) is 0 Å². The lowest BCUT2D eigenvalue weighted by Crippen LogP contribution is -2.55. The number of nitrogens with zero attached hydrogens (tertiary/aromatic N) is 2. The molecule has 4 heteroatoms. The molecule has 4 nitrogen and oxygen atoms in total. The fourth-order valence-electron chi connectivity index (χ4n) is 3.44. The van der Waals surface area contributed by atoms with E-state index in [1.165, 1.54) is 19.4 Å². The third-order valence-corrected chi connectivity index (χ3v) is 4.48. The molecule has 0 spiro atoms. The highest BCUT2D eigenvalue weighted by Gasteiger charge is 2.34. The second-order valence-electron chi connectivity index (χ2n) is 5.72. The molecule has 0 aromatic heterocycles. The molecule has 1 aromatic rings. The van der Waals surface area contributed by atoms with Crippen molar-refractivity contribution in [3.05, 3.63) is 18.2 Å². The first-order chi connectivity index (χ1) is 9.19. The molecule has 1 aromatic carbocycles. The van der Waals surface area contributed by atoms with E-state index in [-0.39, 0.29) is 0 Å². The smallest absolute Gasteiger partial charge is 0.121 e. The summed E-state index contributed by atoms with van der Waals surface area (Å²) in [6, 6.07) is 7.24. The van der Waals surface area contributed by atoms with Crippen molar-refractivity contribution in [1.82, 2.24) is 4.90 Å². The average Bonchev–Trinajstić information content (AvgIpc) is 2.85. The van der Waals surface area contributed by atoms with Gasteiger partial charge in [0.2, 0.25) is 0 Å². The molecular weight excluding hydrogens is 238 g/mol. The SMILES string of the molecule is COc1ccc(N2CC3CCCN3CC2C)c(N)c1. The van der Waals surface area contributed by atoms with Crippen LogP contribution in [0.15, 0.2) is 18.2 Å². The summed E-state index contributed by atoms with van der Waals surface area (Å²) in [4.78, 5) is 5.09. The molecule has 2 heterocycles. The normalized spacial score (nSPS) is 27.4. The Morgan fingerprint density at radius 2 is 2.16 bits per heavy atom. The van der Waals surface area contributed by atoms with Crippen molar-refractivity contribution in [2.75, 3.05) is 37.4 Å². The molecule has 2 unspecified atom stereocenters. The summed E-state index contributed by atoms with van der Waals surface area (Å²) >= 11 is 0. The minimum atomic E-state index is 0.519. The molecule has 0 radical (unpaired) electrons. The zero-order chi connectivity index (χ0) is 13.4. The number of methoxy groups -OCH3 is 1. The molecule has 2 aliphatic rings. The second kappa shape index (κ2) is 4.93. The second-order valence-corrected chi connectivity index (χ2v) is 5.72. The Hall–Kier alpha value is -1.42. The van der Waals surface area contributed by atoms with E-state index in [0.29, 0.717) is 12.1 Å². The number of hydrogen-bond acceptors (Lipinski definition) is 4. The van der Waals surface area contributed by atoms with Crippen molar-refractivity contribution in [2.45, 2.75) is 31.8 Å². The van der Waals surface area contributed by atoms with Crippen LogP contribution in [0.4, 0.5) is 11.4 Å². The number of benzene rings is 1. The number of ether oxygens (including phenoxy) is 1. The standard InChI is InChI=1S/C15H23N3O/c1-11-9-17-7-3-4-12(17)10-18(11)15-6-5-13(19-2)8-14(15)16/h5-6,8,11-12H,3-4,7,9-10,16H2,1-2H3. The largest absolute Gasteiger partial charge is 0.497 e. The summed E-state index contributed by atoms with van der Waals surface area (Å²) in [5.41, 5.74) is 8.16. The minimum Gasteiger partial charge on any atom is -0.497 e. The third kappa shape index (κ3) is 2.25. The summed E-state index contributed by atoms with van der Waals surface area (Å²) in [5, 5.41) is 0. The zero-order valence-electron chi connectivity index (χ0n) is 11.8. The highest BCUT2D eigenvalue weighted by molar-refractivity contribution is 5.70. The van der Waals surface area contributed by atoms with Crippen LogP contribution in [0.2, 0.25) is 0 Å². The lowest BCUT2D eigenvalue weighted by atomic mass is 10.1. The van der Waals surface area contributed by atoms with Crippen LogP contribution in [0.1, 0.15) is 19.8 Å². The first-order valence-corrected chi connectivity index (χ1v) is 7.13. The molecule has 2 N–H and O–H groups in total. The van der Waals surface area contributed by atoms with E-state index in [9.17, 15) is 0 Å². The number of nitrogens with two attached hydrogens (primary N) is 1. The van der Waals surface area contributed by atoms with Crippen LogP contribution in [0.25, 0.3) is 0 Å². The quantitative estimate of drug-likeness (QED) is 0.826. The number of hydrogen-bond donors (Lipinski definition) is 1. The monoisotopic (exact) mass is 261 g/mol. The highest BCUT2D eigenvalue weighted by Crippen LogP contribution is 2.33. The molecule has 2 saturated heterocycles. The van der Waals surface area contributed by atoms with Gasteiger partial charge in [-0.3, -0.25) is 4.90 Å². The predicted octanol–water partition coefficient (Wildman–Crippen LogP) is 1.95. The van der Waals surface area contributed by atoms with Gasteiger partial charge in [0.1, 0.15) is 5.75 Å². The van der Waals surface area contributed by atoms with Gasteiger partial charge in [0.05, 0.1) is 18.5 Å². The Labute approximate surface area is 115 Å². The van der Waals surface area contributed by atoms with Gasteiger partial charge in [-0.1, -0.05) is 0 Å². The van der Waals surface area contributed by atoms with Gasteiger partial charge >= 0.3 is 0 Å². The summed E-state index contributed by atoms with van der Waals surface area (Å²) in [5.74, 6) is 0.827. The molecule has 2 fully saturated rings. The Balaban J connectivity index is 1.84. The Morgan fingerprint density at radius 1 is 1.32 bits per heavy atom. The van der Waals surface area contributed by atoms with Gasteiger partial charge in [0, 0.05) is 31.2 Å². The lowest BCUT2D eigenvalue weighted by Gasteiger charge is -2.44. The predicted molar refractivity (Wildman–Crippen MR) is 78.8 cm³/mol. The topological polar surface area (TPSA) is 41.7 Å². The van der Waals surface area contributed by atoms with E-state index in [0.717, 1.165) is 30.2 Å². The Bertz CT molecular complexity index is 463. The molecule has 3 rings (SSSR count). The zero-order valence-corrected chi connectivity index (χ0v) is 11.8. The maximum Gasteiger partial charge on any atom is 0.121 e. The van der Waals surface area contributed by atoms with Crippen LogP contribution in [-0.4, -0.2) is 43.7 Å². The van der Waals surface area contributed by atoms with E-state index in [4.69, 9.17) is 10.5 Å². The van der Waals surface area contributed by atoms with Crippen molar-refractivity contribution in [3.63, 3.8) is 0 Å². The van der Waals surface area contributed by atoms with E-state index >= 15 is 0 Å². The van der Waals surface area contributed by atoms with Crippen LogP contribution in [0.3, 0.4) is 0 Å². The number of fused-ring (bicyclic) bond motifs is 1. The van der Waals surface area contributed by atoms with Gasteiger partial charge in [0.15, 0.2) is 0 Å². The molecule has 0 amide bonds. The van der Waals surface area contributed by atoms with Gasteiger partial charge in [-0.2, -0.15) is 0 Å². The van der Waals surface area contributed by atoms with E-state index in [1.807, 2.05) is 12.1 Å². The molecule has 2 aliphatic heterocycles. The summed E-state index contributed by atoms with van der Waals surface area (Å²) in [6.07, 6.45) is 2.66. The lowest BCUT2D eigenvalue weighted by molar-refractivity contribution is 0.203. The fraction of sp³-hybridized carbons (Fsp3) is 0.600.